The first-order valence-corrected chi connectivity index (χ1v) is 6.67. The Labute approximate surface area is 117 Å². The lowest BCUT2D eigenvalue weighted by atomic mass is 10.2. The van der Waals surface area contributed by atoms with Gasteiger partial charge in [-0.15, -0.1) is 0 Å². The fraction of sp³-hybridized carbons (Fsp3) is 0.538. The van der Waals surface area contributed by atoms with E-state index in [2.05, 4.69) is 23.9 Å². The van der Waals surface area contributed by atoms with Crippen LogP contribution in [-0.2, 0) is 6.54 Å². The van der Waals surface area contributed by atoms with E-state index >= 15 is 0 Å². The maximum atomic E-state index is 10.8. The van der Waals surface area contributed by atoms with Gasteiger partial charge in [-0.2, -0.15) is 0 Å². The quantitative estimate of drug-likeness (QED) is 0.629. The maximum Gasteiger partial charge on any atom is 0.269 e. The molecule has 6 heteroatoms. The predicted octanol–water partition coefficient (Wildman–Crippen LogP) is 2.38. The number of likely N-dealkylation sites (N-methyl/N-ethyl adjacent to an activating group) is 1. The van der Waals surface area contributed by atoms with Gasteiger partial charge in [-0.1, -0.05) is 11.6 Å². The molecule has 1 atom stereocenters. The molecular formula is C13H18ClN3O2. The summed E-state index contributed by atoms with van der Waals surface area (Å²) in [5.41, 5.74) is 0.929. The summed E-state index contributed by atoms with van der Waals surface area (Å²) in [4.78, 5) is 14.9. The summed E-state index contributed by atoms with van der Waals surface area (Å²) in [5, 5.41) is 11.4. The first kappa shape index (κ1) is 14.2. The summed E-state index contributed by atoms with van der Waals surface area (Å²) < 4.78 is 0. The molecule has 1 heterocycles. The zero-order chi connectivity index (χ0) is 14.0. The number of hydrogen-bond donors (Lipinski definition) is 0. The topological polar surface area (TPSA) is 49.6 Å². The highest BCUT2D eigenvalue weighted by Crippen LogP contribution is 2.25. The number of likely N-dealkylation sites (tertiary alicyclic amines) is 1. The van der Waals surface area contributed by atoms with Crippen molar-refractivity contribution in [1.29, 1.82) is 0 Å². The Balaban J connectivity index is 2.07. The molecule has 0 spiro atoms. The fourth-order valence-corrected chi connectivity index (χ4v) is 2.59. The molecular weight excluding hydrogens is 266 g/mol. The number of nitrogens with zero attached hydrogens (tertiary/aromatic N) is 3. The van der Waals surface area contributed by atoms with Gasteiger partial charge in [0.15, 0.2) is 0 Å². The summed E-state index contributed by atoms with van der Waals surface area (Å²) in [6, 6.07) is 5.18. The van der Waals surface area contributed by atoms with Gasteiger partial charge in [0.05, 0.1) is 4.92 Å². The van der Waals surface area contributed by atoms with Crippen LogP contribution >= 0.6 is 11.6 Å². The first-order chi connectivity index (χ1) is 8.97. The molecule has 0 bridgehead atoms. The van der Waals surface area contributed by atoms with Crippen LogP contribution in [-0.4, -0.2) is 47.9 Å². The number of benzene rings is 1. The Hall–Kier alpha value is -1.17. The van der Waals surface area contributed by atoms with Crippen molar-refractivity contribution in [3.63, 3.8) is 0 Å². The molecule has 0 saturated carbocycles. The van der Waals surface area contributed by atoms with E-state index in [-0.39, 0.29) is 10.6 Å². The Kier molecular flexibility index (Phi) is 4.39. The van der Waals surface area contributed by atoms with Crippen molar-refractivity contribution in [2.75, 3.05) is 27.2 Å². The minimum absolute atomic E-state index is 0.0998. The van der Waals surface area contributed by atoms with E-state index in [9.17, 15) is 10.1 Å². The van der Waals surface area contributed by atoms with Gasteiger partial charge in [0.25, 0.3) is 5.69 Å². The average Bonchev–Trinajstić information content (AvgIpc) is 2.80. The first-order valence-electron chi connectivity index (χ1n) is 6.29. The van der Waals surface area contributed by atoms with E-state index in [1.54, 1.807) is 12.1 Å². The molecule has 0 amide bonds. The van der Waals surface area contributed by atoms with Crippen LogP contribution in [0.5, 0.6) is 0 Å². The molecule has 1 saturated heterocycles. The predicted molar refractivity (Wildman–Crippen MR) is 75.5 cm³/mol. The molecule has 0 aromatic heterocycles. The summed E-state index contributed by atoms with van der Waals surface area (Å²) in [6.07, 6.45) is 1.12. The van der Waals surface area contributed by atoms with Gasteiger partial charge < -0.3 is 4.90 Å². The molecule has 1 aromatic rings. The lowest BCUT2D eigenvalue weighted by molar-refractivity contribution is -0.384. The fourth-order valence-electron chi connectivity index (χ4n) is 2.41. The summed E-state index contributed by atoms with van der Waals surface area (Å²) in [7, 11) is 4.16. The van der Waals surface area contributed by atoms with Crippen molar-refractivity contribution in [3.8, 4) is 0 Å². The van der Waals surface area contributed by atoms with Crippen LogP contribution in [0.3, 0.4) is 0 Å². The van der Waals surface area contributed by atoms with Gasteiger partial charge in [-0.05, 0) is 32.1 Å². The molecule has 1 fully saturated rings. The number of nitro groups is 1. The number of hydrogen-bond acceptors (Lipinski definition) is 4. The van der Waals surface area contributed by atoms with Gasteiger partial charge in [-0.3, -0.25) is 15.0 Å². The number of non-ortho nitro benzene ring substituents is 1. The van der Waals surface area contributed by atoms with Gasteiger partial charge >= 0.3 is 0 Å². The lowest BCUT2D eigenvalue weighted by Crippen LogP contribution is -2.31. The van der Waals surface area contributed by atoms with E-state index in [0.29, 0.717) is 17.6 Å². The number of nitro benzene ring substituents is 1. The lowest BCUT2D eigenvalue weighted by Gasteiger charge is -2.20. The van der Waals surface area contributed by atoms with Gasteiger partial charge in [-0.25, -0.2) is 0 Å². The third kappa shape index (κ3) is 3.43. The molecule has 1 aliphatic rings. The minimum Gasteiger partial charge on any atom is -0.305 e. The zero-order valence-corrected chi connectivity index (χ0v) is 11.9. The smallest absolute Gasteiger partial charge is 0.269 e. The van der Waals surface area contributed by atoms with Crippen LogP contribution in [0.2, 0.25) is 5.02 Å². The van der Waals surface area contributed by atoms with Crippen LogP contribution in [0.25, 0.3) is 0 Å². The standard InChI is InChI=1S/C13H18ClN3O2/c1-15(2)12-5-6-16(9-12)8-10-7-11(17(18)19)3-4-13(10)14/h3-4,7,12H,5-6,8-9H2,1-2H3. The van der Waals surface area contributed by atoms with Crippen LogP contribution in [0, 0.1) is 10.1 Å². The zero-order valence-electron chi connectivity index (χ0n) is 11.2. The van der Waals surface area contributed by atoms with Crippen LogP contribution < -0.4 is 0 Å². The summed E-state index contributed by atoms with van der Waals surface area (Å²) in [6.45, 7) is 2.65. The molecule has 1 aromatic carbocycles. The Bertz CT molecular complexity index is 479. The van der Waals surface area contributed by atoms with E-state index in [1.165, 1.54) is 6.07 Å². The van der Waals surface area contributed by atoms with Crippen molar-refractivity contribution >= 4 is 17.3 Å². The number of halogens is 1. The van der Waals surface area contributed by atoms with Crippen molar-refractivity contribution < 1.29 is 4.92 Å². The van der Waals surface area contributed by atoms with E-state index < -0.39 is 0 Å². The Morgan fingerprint density at radius 2 is 2.26 bits per heavy atom. The van der Waals surface area contributed by atoms with Gasteiger partial charge in [0, 0.05) is 42.8 Å². The highest BCUT2D eigenvalue weighted by atomic mass is 35.5. The maximum absolute atomic E-state index is 10.8. The normalized spacial score (nSPS) is 20.1. The van der Waals surface area contributed by atoms with E-state index in [0.717, 1.165) is 25.1 Å². The Morgan fingerprint density at radius 3 is 2.84 bits per heavy atom. The molecule has 104 valence electrons. The third-order valence-electron chi connectivity index (χ3n) is 3.61. The average molecular weight is 284 g/mol. The van der Waals surface area contributed by atoms with Crippen LogP contribution in [0.4, 0.5) is 5.69 Å². The van der Waals surface area contributed by atoms with Gasteiger partial charge in [0.1, 0.15) is 0 Å². The van der Waals surface area contributed by atoms with Crippen molar-refractivity contribution in [2.24, 2.45) is 0 Å². The van der Waals surface area contributed by atoms with E-state index in [4.69, 9.17) is 11.6 Å². The second-order valence-electron chi connectivity index (χ2n) is 5.17. The minimum atomic E-state index is -0.383. The molecule has 5 nitrogen and oxygen atoms in total. The third-order valence-corrected chi connectivity index (χ3v) is 3.98. The SMILES string of the molecule is CN(C)C1CCN(Cc2cc([N+](=O)[O-])ccc2Cl)C1. The van der Waals surface area contributed by atoms with Crippen LogP contribution in [0.1, 0.15) is 12.0 Å². The van der Waals surface area contributed by atoms with Crippen molar-refractivity contribution in [2.45, 2.75) is 19.0 Å². The molecule has 0 N–H and O–H groups in total. The molecule has 1 aliphatic heterocycles. The highest BCUT2D eigenvalue weighted by Gasteiger charge is 2.24. The molecule has 0 radical (unpaired) electrons. The van der Waals surface area contributed by atoms with Gasteiger partial charge in [0.2, 0.25) is 0 Å². The monoisotopic (exact) mass is 283 g/mol. The van der Waals surface area contributed by atoms with Crippen molar-refractivity contribution in [3.05, 3.63) is 38.9 Å². The summed E-state index contributed by atoms with van der Waals surface area (Å²) in [5.74, 6) is 0. The second-order valence-corrected chi connectivity index (χ2v) is 5.58. The van der Waals surface area contributed by atoms with E-state index in [1.807, 2.05) is 0 Å². The molecule has 0 aliphatic carbocycles. The number of rotatable bonds is 4. The van der Waals surface area contributed by atoms with Crippen molar-refractivity contribution in [1.82, 2.24) is 9.80 Å². The highest BCUT2D eigenvalue weighted by molar-refractivity contribution is 6.31. The summed E-state index contributed by atoms with van der Waals surface area (Å²) >= 11 is 6.12. The van der Waals surface area contributed by atoms with Crippen LogP contribution in [0.15, 0.2) is 18.2 Å². The second kappa shape index (κ2) is 5.86. The Morgan fingerprint density at radius 1 is 1.53 bits per heavy atom. The largest absolute Gasteiger partial charge is 0.305 e. The molecule has 1 unspecified atom stereocenters. The molecule has 19 heavy (non-hydrogen) atoms. The molecule has 2 rings (SSSR count).